The van der Waals surface area contributed by atoms with Crippen LogP contribution in [0.2, 0.25) is 0 Å². The molecule has 1 heterocycles. The molecule has 0 aromatic carbocycles. The van der Waals surface area contributed by atoms with Crippen molar-refractivity contribution in [2.24, 2.45) is 5.92 Å². The second-order valence-corrected chi connectivity index (χ2v) is 3.86. The predicted molar refractivity (Wildman–Crippen MR) is 56.0 cm³/mol. The smallest absolute Gasteiger partial charge is 0.323 e. The first-order valence-electron chi connectivity index (χ1n) is 5.55. The van der Waals surface area contributed by atoms with E-state index in [9.17, 15) is 4.79 Å². The first-order chi connectivity index (χ1) is 7.27. The van der Waals surface area contributed by atoms with Crippen LogP contribution in [0.25, 0.3) is 0 Å². The maximum Gasteiger partial charge on any atom is 0.323 e. The normalized spacial score (nSPS) is 26.4. The third-order valence-electron chi connectivity index (χ3n) is 2.70. The lowest BCUT2D eigenvalue weighted by Gasteiger charge is -2.17. The SMILES string of the molecule is CCOC(=O)C1CC(CC#N)CCCN1. The van der Waals surface area contributed by atoms with E-state index < -0.39 is 0 Å². The van der Waals surface area contributed by atoms with Crippen molar-refractivity contribution in [3.63, 3.8) is 0 Å². The maximum atomic E-state index is 11.5. The lowest BCUT2D eigenvalue weighted by Crippen LogP contribution is -2.38. The standard InChI is InChI=1S/C11H18N2O2/c1-2-15-11(14)10-8-9(5-6-12)4-3-7-13-10/h9-10,13H,2-5,7-8H2,1H3. The molecule has 0 aromatic rings. The van der Waals surface area contributed by atoms with Gasteiger partial charge in [-0.2, -0.15) is 5.26 Å². The van der Waals surface area contributed by atoms with Crippen molar-refractivity contribution < 1.29 is 9.53 Å². The minimum Gasteiger partial charge on any atom is -0.465 e. The number of nitrogens with one attached hydrogen (secondary N) is 1. The van der Waals surface area contributed by atoms with Crippen LogP contribution in [-0.4, -0.2) is 25.2 Å². The lowest BCUT2D eigenvalue weighted by atomic mass is 9.94. The highest BCUT2D eigenvalue weighted by Crippen LogP contribution is 2.20. The second kappa shape index (κ2) is 6.41. The number of nitriles is 1. The molecule has 2 unspecified atom stereocenters. The van der Waals surface area contributed by atoms with E-state index in [1.165, 1.54) is 0 Å². The number of esters is 1. The monoisotopic (exact) mass is 210 g/mol. The third-order valence-corrected chi connectivity index (χ3v) is 2.70. The summed E-state index contributed by atoms with van der Waals surface area (Å²) in [7, 11) is 0. The number of ether oxygens (including phenoxy) is 1. The average molecular weight is 210 g/mol. The van der Waals surface area contributed by atoms with E-state index in [-0.39, 0.29) is 12.0 Å². The van der Waals surface area contributed by atoms with Gasteiger partial charge in [-0.3, -0.25) is 4.79 Å². The molecule has 1 aliphatic rings. The van der Waals surface area contributed by atoms with Crippen LogP contribution >= 0.6 is 0 Å². The zero-order valence-electron chi connectivity index (χ0n) is 9.16. The number of carbonyl (C=O) groups is 1. The summed E-state index contributed by atoms with van der Waals surface area (Å²) >= 11 is 0. The Labute approximate surface area is 90.6 Å². The Kier molecular flexibility index (Phi) is 5.13. The molecule has 84 valence electrons. The first-order valence-corrected chi connectivity index (χ1v) is 5.55. The van der Waals surface area contributed by atoms with Crippen molar-refractivity contribution in [3.05, 3.63) is 0 Å². The average Bonchev–Trinajstić information content (AvgIpc) is 2.44. The molecule has 1 rings (SSSR count). The van der Waals surface area contributed by atoms with Crippen LogP contribution in [0.3, 0.4) is 0 Å². The van der Waals surface area contributed by atoms with Gasteiger partial charge in [-0.25, -0.2) is 0 Å². The van der Waals surface area contributed by atoms with Crippen LogP contribution in [0, 0.1) is 17.2 Å². The van der Waals surface area contributed by atoms with Gasteiger partial charge >= 0.3 is 5.97 Å². The molecule has 4 nitrogen and oxygen atoms in total. The molecule has 0 bridgehead atoms. The van der Waals surface area contributed by atoms with Crippen molar-refractivity contribution in [1.82, 2.24) is 5.32 Å². The van der Waals surface area contributed by atoms with Crippen LogP contribution in [0.1, 0.15) is 32.6 Å². The minimum atomic E-state index is -0.217. The number of nitrogens with zero attached hydrogens (tertiary/aromatic N) is 1. The van der Waals surface area contributed by atoms with Gasteiger partial charge in [-0.15, -0.1) is 0 Å². The van der Waals surface area contributed by atoms with Crippen molar-refractivity contribution in [2.75, 3.05) is 13.2 Å². The number of rotatable bonds is 3. The van der Waals surface area contributed by atoms with E-state index in [1.807, 2.05) is 0 Å². The molecule has 0 saturated carbocycles. The molecule has 15 heavy (non-hydrogen) atoms. The second-order valence-electron chi connectivity index (χ2n) is 3.86. The van der Waals surface area contributed by atoms with Crippen molar-refractivity contribution in [1.29, 1.82) is 5.26 Å². The van der Waals surface area contributed by atoms with Gasteiger partial charge in [-0.05, 0) is 38.6 Å². The summed E-state index contributed by atoms with van der Waals surface area (Å²) in [6.45, 7) is 3.06. The van der Waals surface area contributed by atoms with Crippen LogP contribution in [0.5, 0.6) is 0 Å². The molecule has 4 heteroatoms. The summed E-state index contributed by atoms with van der Waals surface area (Å²) in [6.07, 6.45) is 3.32. The van der Waals surface area contributed by atoms with E-state index in [0.29, 0.717) is 18.9 Å². The first kappa shape index (κ1) is 12.0. The fourth-order valence-electron chi connectivity index (χ4n) is 1.94. The van der Waals surface area contributed by atoms with Crippen LogP contribution in [0.15, 0.2) is 0 Å². The predicted octanol–water partition coefficient (Wildman–Crippen LogP) is 1.22. The van der Waals surface area contributed by atoms with Gasteiger partial charge < -0.3 is 10.1 Å². The Balaban J connectivity index is 2.49. The van der Waals surface area contributed by atoms with Crippen LogP contribution < -0.4 is 5.32 Å². The molecule has 0 aliphatic carbocycles. The Hall–Kier alpha value is -1.08. The summed E-state index contributed by atoms with van der Waals surface area (Å²) in [6, 6.07) is 1.96. The molecule has 0 aromatic heterocycles. The zero-order chi connectivity index (χ0) is 11.1. The summed E-state index contributed by atoms with van der Waals surface area (Å²) in [5, 5.41) is 11.8. The molecule has 1 N–H and O–H groups in total. The van der Waals surface area contributed by atoms with Crippen LogP contribution in [-0.2, 0) is 9.53 Å². The Bertz CT molecular complexity index is 247. The molecule has 0 radical (unpaired) electrons. The van der Waals surface area contributed by atoms with Crippen molar-refractivity contribution >= 4 is 5.97 Å². The fraction of sp³-hybridized carbons (Fsp3) is 0.818. The fourth-order valence-corrected chi connectivity index (χ4v) is 1.94. The Morgan fingerprint density at radius 1 is 1.67 bits per heavy atom. The van der Waals surface area contributed by atoms with Gasteiger partial charge in [0.15, 0.2) is 0 Å². The van der Waals surface area contributed by atoms with Crippen LogP contribution in [0.4, 0.5) is 0 Å². The van der Waals surface area contributed by atoms with E-state index >= 15 is 0 Å². The van der Waals surface area contributed by atoms with Gasteiger partial charge in [0, 0.05) is 6.42 Å². The van der Waals surface area contributed by atoms with Gasteiger partial charge in [0.1, 0.15) is 6.04 Å². The van der Waals surface area contributed by atoms with E-state index in [0.717, 1.165) is 25.8 Å². The minimum absolute atomic E-state index is 0.178. The summed E-state index contributed by atoms with van der Waals surface area (Å²) in [5.41, 5.74) is 0. The van der Waals surface area contributed by atoms with E-state index in [1.54, 1.807) is 6.92 Å². The molecular formula is C11H18N2O2. The van der Waals surface area contributed by atoms with E-state index in [2.05, 4.69) is 11.4 Å². The molecule has 1 fully saturated rings. The van der Waals surface area contributed by atoms with Crippen molar-refractivity contribution in [2.45, 2.75) is 38.6 Å². The lowest BCUT2D eigenvalue weighted by molar-refractivity contribution is -0.146. The van der Waals surface area contributed by atoms with Gasteiger partial charge in [-0.1, -0.05) is 0 Å². The van der Waals surface area contributed by atoms with Gasteiger partial charge in [0.25, 0.3) is 0 Å². The third kappa shape index (κ3) is 3.88. The van der Waals surface area contributed by atoms with E-state index in [4.69, 9.17) is 10.00 Å². The topological polar surface area (TPSA) is 62.1 Å². The zero-order valence-corrected chi connectivity index (χ0v) is 9.16. The van der Waals surface area contributed by atoms with Gasteiger partial charge in [0.05, 0.1) is 12.7 Å². The molecule has 1 aliphatic heterocycles. The Morgan fingerprint density at radius 3 is 3.13 bits per heavy atom. The molecular weight excluding hydrogens is 192 g/mol. The maximum absolute atomic E-state index is 11.5. The number of hydrogen-bond donors (Lipinski definition) is 1. The largest absolute Gasteiger partial charge is 0.465 e. The number of carbonyl (C=O) groups excluding carboxylic acids is 1. The summed E-state index contributed by atoms with van der Waals surface area (Å²) in [4.78, 5) is 11.5. The summed E-state index contributed by atoms with van der Waals surface area (Å²) < 4.78 is 4.98. The highest BCUT2D eigenvalue weighted by atomic mass is 16.5. The molecule has 0 amide bonds. The van der Waals surface area contributed by atoms with Crippen molar-refractivity contribution in [3.8, 4) is 6.07 Å². The number of hydrogen-bond acceptors (Lipinski definition) is 4. The quantitative estimate of drug-likeness (QED) is 0.711. The highest BCUT2D eigenvalue weighted by molar-refractivity contribution is 5.75. The Morgan fingerprint density at radius 2 is 2.47 bits per heavy atom. The molecule has 2 atom stereocenters. The molecule has 1 saturated heterocycles. The molecule has 0 spiro atoms. The summed E-state index contributed by atoms with van der Waals surface area (Å²) in [5.74, 6) is 0.154. The van der Waals surface area contributed by atoms with Gasteiger partial charge in [0.2, 0.25) is 0 Å². The highest BCUT2D eigenvalue weighted by Gasteiger charge is 2.25.